The molecule has 20 heavy (non-hydrogen) atoms. The molecule has 1 aliphatic carbocycles. The first-order valence-corrected chi connectivity index (χ1v) is 9.33. The monoisotopic (exact) mass is 303 g/mol. The number of hydrogen-bond donors (Lipinski definition) is 2. The topological polar surface area (TPSA) is 78.5 Å². The van der Waals surface area contributed by atoms with Gasteiger partial charge in [-0.1, -0.05) is 6.42 Å². The van der Waals surface area contributed by atoms with Gasteiger partial charge in [0.05, 0.1) is 5.25 Å². The van der Waals surface area contributed by atoms with Crippen molar-refractivity contribution in [3.8, 4) is 0 Å². The van der Waals surface area contributed by atoms with Crippen LogP contribution in [0.15, 0.2) is 0 Å². The van der Waals surface area contributed by atoms with Crippen LogP contribution in [0.5, 0.6) is 0 Å². The number of piperazine rings is 1. The molecule has 1 saturated heterocycles. The first kappa shape index (κ1) is 15.7. The molecule has 0 bridgehead atoms. The van der Waals surface area contributed by atoms with Crippen molar-refractivity contribution in [2.24, 2.45) is 0 Å². The predicted octanol–water partition coefficient (Wildman–Crippen LogP) is -0.638. The zero-order chi connectivity index (χ0) is 14.8. The van der Waals surface area contributed by atoms with Gasteiger partial charge >= 0.3 is 0 Å². The largest absolute Gasteiger partial charge is 0.355 e. The minimum Gasteiger partial charge on any atom is -0.355 e. The Kier molecular flexibility index (Phi) is 5.04. The normalized spacial score (nSPS) is 32.2. The third-order valence-electron chi connectivity index (χ3n) is 4.33. The van der Waals surface area contributed by atoms with Gasteiger partial charge in [-0.3, -0.25) is 9.69 Å². The van der Waals surface area contributed by atoms with Gasteiger partial charge in [0.2, 0.25) is 5.91 Å². The summed E-state index contributed by atoms with van der Waals surface area (Å²) in [7, 11) is -3.06. The molecule has 1 aliphatic heterocycles. The Morgan fingerprint density at radius 2 is 2.15 bits per heavy atom. The molecule has 3 unspecified atom stereocenters. The van der Waals surface area contributed by atoms with E-state index < -0.39 is 9.84 Å². The van der Waals surface area contributed by atoms with Gasteiger partial charge in [-0.15, -0.1) is 0 Å². The highest BCUT2D eigenvalue weighted by Crippen LogP contribution is 2.31. The second-order valence-corrected chi connectivity index (χ2v) is 7.98. The van der Waals surface area contributed by atoms with E-state index in [0.29, 0.717) is 13.1 Å². The van der Waals surface area contributed by atoms with Crippen LogP contribution in [-0.4, -0.2) is 69.0 Å². The Morgan fingerprint density at radius 1 is 1.40 bits per heavy atom. The number of rotatable bonds is 4. The molecule has 1 amide bonds. The van der Waals surface area contributed by atoms with Gasteiger partial charge < -0.3 is 10.6 Å². The van der Waals surface area contributed by atoms with Gasteiger partial charge in [0.1, 0.15) is 6.04 Å². The van der Waals surface area contributed by atoms with E-state index in [1.807, 2.05) is 6.92 Å². The summed E-state index contributed by atoms with van der Waals surface area (Å²) >= 11 is 0. The average Bonchev–Trinajstić information content (AvgIpc) is 2.88. The smallest absolute Gasteiger partial charge is 0.238 e. The second-order valence-electron chi connectivity index (χ2n) is 5.72. The number of nitrogens with one attached hydrogen (secondary N) is 2. The van der Waals surface area contributed by atoms with Crippen LogP contribution in [0.2, 0.25) is 0 Å². The van der Waals surface area contributed by atoms with E-state index in [1.54, 1.807) is 0 Å². The number of sulfone groups is 1. The summed E-state index contributed by atoms with van der Waals surface area (Å²) in [5.41, 5.74) is 0. The number of amides is 1. The number of carbonyl (C=O) groups is 1. The Bertz CT molecular complexity index is 452. The molecule has 0 aromatic carbocycles. The van der Waals surface area contributed by atoms with Gasteiger partial charge in [0.15, 0.2) is 9.84 Å². The SMILES string of the molecule is CCNC(=O)C1CNCCN1C1CCCC1S(C)(=O)=O. The van der Waals surface area contributed by atoms with Crippen molar-refractivity contribution < 1.29 is 13.2 Å². The molecule has 2 aliphatic rings. The molecule has 116 valence electrons. The predicted molar refractivity (Wildman–Crippen MR) is 78.3 cm³/mol. The van der Waals surface area contributed by atoms with Crippen molar-refractivity contribution in [1.82, 2.24) is 15.5 Å². The van der Waals surface area contributed by atoms with Crippen LogP contribution >= 0.6 is 0 Å². The lowest BCUT2D eigenvalue weighted by molar-refractivity contribution is -0.128. The van der Waals surface area contributed by atoms with Gasteiger partial charge in [0, 0.05) is 38.5 Å². The standard InChI is InChI=1S/C13H25N3O3S/c1-3-15-13(17)11-9-14-7-8-16(11)10-5-4-6-12(10)20(2,18)19/h10-12,14H,3-9H2,1-2H3,(H,15,17). The molecule has 0 radical (unpaired) electrons. The minimum absolute atomic E-state index is 0.00106. The van der Waals surface area contributed by atoms with Crippen molar-refractivity contribution in [3.63, 3.8) is 0 Å². The molecule has 1 saturated carbocycles. The van der Waals surface area contributed by atoms with Gasteiger partial charge in [0.25, 0.3) is 0 Å². The molecular weight excluding hydrogens is 278 g/mol. The number of carbonyl (C=O) groups excluding carboxylic acids is 1. The molecule has 0 spiro atoms. The van der Waals surface area contributed by atoms with E-state index in [-0.39, 0.29) is 23.2 Å². The summed E-state index contributed by atoms with van der Waals surface area (Å²) in [6.07, 6.45) is 3.83. The van der Waals surface area contributed by atoms with Gasteiger partial charge in [-0.05, 0) is 19.8 Å². The first-order chi connectivity index (χ1) is 9.45. The van der Waals surface area contributed by atoms with Crippen molar-refractivity contribution in [2.75, 3.05) is 32.4 Å². The van der Waals surface area contributed by atoms with Crippen LogP contribution in [0, 0.1) is 0 Å². The molecule has 6 nitrogen and oxygen atoms in total. The Hall–Kier alpha value is -0.660. The van der Waals surface area contributed by atoms with Crippen molar-refractivity contribution >= 4 is 15.7 Å². The maximum absolute atomic E-state index is 12.2. The minimum atomic E-state index is -3.06. The zero-order valence-corrected chi connectivity index (χ0v) is 13.1. The lowest BCUT2D eigenvalue weighted by Crippen LogP contribution is -2.62. The highest BCUT2D eigenvalue weighted by molar-refractivity contribution is 7.91. The van der Waals surface area contributed by atoms with E-state index >= 15 is 0 Å². The molecule has 0 aromatic heterocycles. The molecule has 0 aromatic rings. The highest BCUT2D eigenvalue weighted by Gasteiger charge is 2.43. The molecule has 2 rings (SSSR count). The number of likely N-dealkylation sites (N-methyl/N-ethyl adjacent to an activating group) is 1. The van der Waals surface area contributed by atoms with E-state index in [0.717, 1.165) is 32.4 Å². The average molecular weight is 303 g/mol. The van der Waals surface area contributed by atoms with Crippen molar-refractivity contribution in [3.05, 3.63) is 0 Å². The maximum Gasteiger partial charge on any atom is 0.238 e. The lowest BCUT2D eigenvalue weighted by atomic mass is 10.1. The van der Waals surface area contributed by atoms with Crippen LogP contribution in [-0.2, 0) is 14.6 Å². The quantitative estimate of drug-likeness (QED) is 0.722. The number of nitrogens with zero attached hydrogens (tertiary/aromatic N) is 1. The Labute approximate surface area is 121 Å². The van der Waals surface area contributed by atoms with E-state index in [9.17, 15) is 13.2 Å². The van der Waals surface area contributed by atoms with Gasteiger partial charge in [-0.25, -0.2) is 8.42 Å². The molecular formula is C13H25N3O3S. The second kappa shape index (κ2) is 6.41. The van der Waals surface area contributed by atoms with Crippen molar-refractivity contribution in [2.45, 2.75) is 43.5 Å². The Morgan fingerprint density at radius 3 is 2.80 bits per heavy atom. The third-order valence-corrected chi connectivity index (χ3v) is 5.98. The van der Waals surface area contributed by atoms with E-state index in [1.165, 1.54) is 6.26 Å². The fourth-order valence-corrected chi connectivity index (χ4v) is 4.90. The zero-order valence-electron chi connectivity index (χ0n) is 12.3. The molecule has 7 heteroatoms. The molecule has 2 fully saturated rings. The third kappa shape index (κ3) is 3.32. The molecule has 1 heterocycles. The molecule has 3 atom stereocenters. The van der Waals surface area contributed by atoms with E-state index in [2.05, 4.69) is 15.5 Å². The van der Waals surface area contributed by atoms with E-state index in [4.69, 9.17) is 0 Å². The van der Waals surface area contributed by atoms with Gasteiger partial charge in [-0.2, -0.15) is 0 Å². The lowest BCUT2D eigenvalue weighted by Gasteiger charge is -2.41. The Balaban J connectivity index is 2.17. The van der Waals surface area contributed by atoms with Crippen LogP contribution < -0.4 is 10.6 Å². The van der Waals surface area contributed by atoms with Crippen LogP contribution in [0.1, 0.15) is 26.2 Å². The van der Waals surface area contributed by atoms with Crippen LogP contribution in [0.4, 0.5) is 0 Å². The fraction of sp³-hybridized carbons (Fsp3) is 0.923. The number of hydrogen-bond acceptors (Lipinski definition) is 5. The summed E-state index contributed by atoms with van der Waals surface area (Å²) in [4.78, 5) is 14.3. The summed E-state index contributed by atoms with van der Waals surface area (Å²) in [5, 5.41) is 5.76. The fourth-order valence-electron chi connectivity index (χ4n) is 3.44. The van der Waals surface area contributed by atoms with Crippen molar-refractivity contribution in [1.29, 1.82) is 0 Å². The maximum atomic E-state index is 12.2. The molecule has 2 N–H and O–H groups in total. The summed E-state index contributed by atoms with van der Waals surface area (Å²) < 4.78 is 23.9. The van der Waals surface area contributed by atoms with Crippen LogP contribution in [0.3, 0.4) is 0 Å². The summed E-state index contributed by atoms with van der Waals surface area (Å²) in [6.45, 7) is 4.64. The van der Waals surface area contributed by atoms with Crippen LogP contribution in [0.25, 0.3) is 0 Å². The highest BCUT2D eigenvalue weighted by atomic mass is 32.2. The summed E-state index contributed by atoms with van der Waals surface area (Å²) in [6, 6.07) is -0.268. The summed E-state index contributed by atoms with van der Waals surface area (Å²) in [5.74, 6) is -0.00106. The first-order valence-electron chi connectivity index (χ1n) is 7.38.